The van der Waals surface area contributed by atoms with Crippen molar-refractivity contribution in [3.8, 4) is 11.8 Å². The van der Waals surface area contributed by atoms with E-state index in [9.17, 15) is 4.79 Å². The molecule has 1 heterocycles. The van der Waals surface area contributed by atoms with E-state index in [1.807, 2.05) is 0 Å². The number of ether oxygens (including phenoxy) is 1. The van der Waals surface area contributed by atoms with Crippen LogP contribution in [0.2, 0.25) is 5.02 Å². The fraction of sp³-hybridized carbons (Fsp3) is 0.0667. The highest BCUT2D eigenvalue weighted by atomic mass is 35.5. The lowest BCUT2D eigenvalue weighted by molar-refractivity contribution is 0.0658. The highest BCUT2D eigenvalue weighted by molar-refractivity contribution is 6.45. The summed E-state index contributed by atoms with van der Waals surface area (Å²) in [5.41, 5.74) is 7.93. The van der Waals surface area contributed by atoms with Crippen LogP contribution in [0.3, 0.4) is 0 Å². The Labute approximate surface area is 146 Å². The van der Waals surface area contributed by atoms with Crippen LogP contribution < -0.4 is 15.9 Å². The van der Waals surface area contributed by atoms with Crippen molar-refractivity contribution < 1.29 is 19.1 Å². The molecule has 0 amide bonds. The molecule has 2 aromatic rings. The Hall–Kier alpha value is -3.51. The summed E-state index contributed by atoms with van der Waals surface area (Å²) in [6, 6.07) is 9.14. The van der Waals surface area contributed by atoms with Crippen LogP contribution in [0.25, 0.3) is 0 Å². The first-order valence-electron chi connectivity index (χ1n) is 6.73. The van der Waals surface area contributed by atoms with Gasteiger partial charge in [0.05, 0.1) is 10.7 Å². The lowest BCUT2D eigenvalue weighted by Gasteiger charge is -2.08. The van der Waals surface area contributed by atoms with Crippen molar-refractivity contribution in [3.63, 3.8) is 0 Å². The molecule has 0 saturated carbocycles. The van der Waals surface area contributed by atoms with E-state index in [1.165, 1.54) is 18.2 Å². The van der Waals surface area contributed by atoms with Gasteiger partial charge in [0.25, 0.3) is 0 Å². The fourth-order valence-electron chi connectivity index (χ4n) is 1.67. The van der Waals surface area contributed by atoms with Crippen molar-refractivity contribution in [2.45, 2.75) is 6.61 Å². The number of nitriles is 1. The number of carboxylic acids is 1. The molecule has 2 rings (SSSR count). The first-order chi connectivity index (χ1) is 11.9. The Morgan fingerprint density at radius 1 is 1.48 bits per heavy atom. The molecule has 0 atom stereocenters. The molecule has 9 nitrogen and oxygen atoms in total. The van der Waals surface area contributed by atoms with Gasteiger partial charge >= 0.3 is 5.97 Å². The molecule has 1 aromatic carbocycles. The first-order valence-corrected chi connectivity index (χ1v) is 7.11. The van der Waals surface area contributed by atoms with Crippen LogP contribution in [0.4, 0.5) is 5.69 Å². The molecule has 128 valence electrons. The second-order valence-corrected chi connectivity index (χ2v) is 5.01. The molecule has 10 heteroatoms. The molecule has 5 N–H and O–H groups in total. The summed E-state index contributed by atoms with van der Waals surface area (Å²) in [7, 11) is 0. The number of benzene rings is 1. The number of rotatable bonds is 7. The van der Waals surface area contributed by atoms with Crippen molar-refractivity contribution in [3.05, 3.63) is 46.9 Å². The van der Waals surface area contributed by atoms with Gasteiger partial charge in [0, 0.05) is 0 Å². The Kier molecular flexibility index (Phi) is 5.60. The third kappa shape index (κ3) is 4.73. The van der Waals surface area contributed by atoms with Crippen LogP contribution in [-0.4, -0.2) is 22.6 Å². The number of carbonyl (C=O) groups is 1. The van der Waals surface area contributed by atoms with Gasteiger partial charge in [0.15, 0.2) is 5.84 Å². The number of hydrogen-bond donors (Lipinski definition) is 4. The molecule has 0 aliphatic heterocycles. The summed E-state index contributed by atoms with van der Waals surface area (Å²) in [4.78, 5) is 10.7. The summed E-state index contributed by atoms with van der Waals surface area (Å²) in [5.74, 6) is -1.12. The standard InChI is InChI=1S/C15H12ClN5O4/c16-10-5-8(20-21-11(6-17)14(18)19)1-3-12(10)24-7-9-2-4-13(25-9)15(22)23/h1-5,20H,7H2,(H3,18,19)(H,22,23)/b21-11+. The molecule has 0 fully saturated rings. The molecule has 1 aromatic heterocycles. The average Bonchev–Trinajstić information content (AvgIpc) is 3.03. The molecular weight excluding hydrogens is 350 g/mol. The predicted molar refractivity (Wildman–Crippen MR) is 90.0 cm³/mol. The second kappa shape index (κ2) is 7.85. The van der Waals surface area contributed by atoms with Crippen LogP contribution in [0.1, 0.15) is 16.3 Å². The monoisotopic (exact) mass is 361 g/mol. The van der Waals surface area contributed by atoms with E-state index in [1.54, 1.807) is 18.2 Å². The molecular formula is C15H12ClN5O4. The molecule has 0 unspecified atom stereocenters. The van der Waals surface area contributed by atoms with Gasteiger partial charge in [-0.3, -0.25) is 10.8 Å². The summed E-state index contributed by atoms with van der Waals surface area (Å²) in [6.07, 6.45) is 0. The number of carboxylic acid groups (broad SMARTS) is 1. The molecule has 0 aliphatic carbocycles. The average molecular weight is 362 g/mol. The zero-order chi connectivity index (χ0) is 18.4. The van der Waals surface area contributed by atoms with E-state index < -0.39 is 11.8 Å². The number of hydrogen-bond acceptors (Lipinski definition) is 7. The van der Waals surface area contributed by atoms with Gasteiger partial charge < -0.3 is 20.0 Å². The normalized spacial score (nSPS) is 10.8. The van der Waals surface area contributed by atoms with Gasteiger partial charge in [0.1, 0.15) is 24.2 Å². The molecule has 0 spiro atoms. The molecule has 25 heavy (non-hydrogen) atoms. The number of nitrogens with one attached hydrogen (secondary N) is 2. The summed E-state index contributed by atoms with van der Waals surface area (Å²) in [5, 5.41) is 28.6. The van der Waals surface area contributed by atoms with Crippen LogP contribution in [0, 0.1) is 16.7 Å². The maximum Gasteiger partial charge on any atom is 0.371 e. The SMILES string of the molecule is N#C/C(=N\Nc1ccc(OCc2ccc(C(=O)O)o2)c(Cl)c1)C(=N)N. The Bertz CT molecular complexity index is 884. The van der Waals surface area contributed by atoms with E-state index in [2.05, 4.69) is 10.5 Å². The first kappa shape index (κ1) is 17.8. The van der Waals surface area contributed by atoms with E-state index in [4.69, 9.17) is 42.3 Å². The number of furan rings is 1. The zero-order valence-corrected chi connectivity index (χ0v) is 13.4. The Morgan fingerprint density at radius 3 is 2.80 bits per heavy atom. The quantitative estimate of drug-likeness (QED) is 0.335. The minimum absolute atomic E-state index is 0.000838. The van der Waals surface area contributed by atoms with Crippen LogP contribution in [0.15, 0.2) is 39.9 Å². The summed E-state index contributed by atoms with van der Waals surface area (Å²) < 4.78 is 10.5. The van der Waals surface area contributed by atoms with E-state index in [0.717, 1.165) is 0 Å². The Morgan fingerprint density at radius 2 is 2.24 bits per heavy atom. The number of anilines is 1. The molecule has 0 bridgehead atoms. The fourth-order valence-corrected chi connectivity index (χ4v) is 1.91. The van der Waals surface area contributed by atoms with Gasteiger partial charge in [-0.15, -0.1) is 0 Å². The molecule has 0 aliphatic rings. The molecule has 0 radical (unpaired) electrons. The molecule has 0 saturated heterocycles. The van der Waals surface area contributed by atoms with Gasteiger partial charge in [-0.05, 0) is 30.3 Å². The number of aromatic carboxylic acids is 1. The lowest BCUT2D eigenvalue weighted by atomic mass is 10.3. The van der Waals surface area contributed by atoms with Crippen molar-refractivity contribution in [2.24, 2.45) is 10.8 Å². The van der Waals surface area contributed by atoms with Gasteiger partial charge in [-0.1, -0.05) is 11.6 Å². The minimum atomic E-state index is -1.16. The van der Waals surface area contributed by atoms with E-state index in [0.29, 0.717) is 17.2 Å². The maximum absolute atomic E-state index is 10.7. The predicted octanol–water partition coefficient (Wildman–Crippen LogP) is 2.44. The van der Waals surface area contributed by atoms with E-state index >= 15 is 0 Å². The zero-order valence-electron chi connectivity index (χ0n) is 12.6. The topological polar surface area (TPSA) is 158 Å². The third-order valence-electron chi connectivity index (χ3n) is 2.83. The van der Waals surface area contributed by atoms with Crippen molar-refractivity contribution in [1.82, 2.24) is 0 Å². The number of halogens is 1. The van der Waals surface area contributed by atoms with Crippen molar-refractivity contribution in [2.75, 3.05) is 5.43 Å². The smallest absolute Gasteiger partial charge is 0.371 e. The number of hydrazone groups is 1. The highest BCUT2D eigenvalue weighted by Crippen LogP contribution is 2.28. The highest BCUT2D eigenvalue weighted by Gasteiger charge is 2.10. The van der Waals surface area contributed by atoms with Gasteiger partial charge in [0.2, 0.25) is 11.5 Å². The maximum atomic E-state index is 10.7. The second-order valence-electron chi connectivity index (χ2n) is 4.60. The van der Waals surface area contributed by atoms with E-state index in [-0.39, 0.29) is 23.1 Å². The largest absolute Gasteiger partial charge is 0.484 e. The number of nitrogens with zero attached hydrogens (tertiary/aromatic N) is 2. The van der Waals surface area contributed by atoms with Gasteiger partial charge in [-0.25, -0.2) is 4.79 Å². The number of nitrogens with two attached hydrogens (primary N) is 1. The van der Waals surface area contributed by atoms with Crippen molar-refractivity contribution in [1.29, 1.82) is 10.7 Å². The lowest BCUT2D eigenvalue weighted by Crippen LogP contribution is -2.21. The van der Waals surface area contributed by atoms with Crippen LogP contribution in [-0.2, 0) is 6.61 Å². The third-order valence-corrected chi connectivity index (χ3v) is 3.13. The summed E-state index contributed by atoms with van der Waals surface area (Å²) in [6.45, 7) is 0.000838. The number of amidine groups is 1. The van der Waals surface area contributed by atoms with Crippen LogP contribution in [0.5, 0.6) is 5.75 Å². The summed E-state index contributed by atoms with van der Waals surface area (Å²) >= 11 is 6.09. The van der Waals surface area contributed by atoms with Gasteiger partial charge in [-0.2, -0.15) is 10.4 Å². The minimum Gasteiger partial charge on any atom is -0.484 e. The Balaban J connectivity index is 2.02. The van der Waals surface area contributed by atoms with Crippen molar-refractivity contribution >= 4 is 34.8 Å². The van der Waals surface area contributed by atoms with Crippen LogP contribution >= 0.6 is 11.6 Å².